The molecule has 4 N–H and O–H groups in total. The van der Waals surface area contributed by atoms with E-state index in [1.807, 2.05) is 62.4 Å². The van der Waals surface area contributed by atoms with Crippen LogP contribution in [0.4, 0.5) is 0 Å². The van der Waals surface area contributed by atoms with E-state index in [-0.39, 0.29) is 30.9 Å². The molecular formula is C30H35N3O5. The second-order valence-electron chi connectivity index (χ2n) is 10.5. The summed E-state index contributed by atoms with van der Waals surface area (Å²) >= 11 is 0. The van der Waals surface area contributed by atoms with E-state index in [9.17, 15) is 19.8 Å². The number of amides is 2. The first-order valence-electron chi connectivity index (χ1n) is 13.3. The van der Waals surface area contributed by atoms with Crippen LogP contribution in [0.25, 0.3) is 10.9 Å². The van der Waals surface area contributed by atoms with E-state index in [0.717, 1.165) is 22.2 Å². The SMILES string of the molecule is CC(C)CC(=O)N(CCc1cc2ccccc2[nH]1)[C@@H]1C=C(C(=O)NCCO)[C@@H]2c3ccccc3O[C@@H]2[C@H]1O. The molecule has 0 spiro atoms. The summed E-state index contributed by atoms with van der Waals surface area (Å²) in [5.74, 6) is -0.124. The Morgan fingerprint density at radius 2 is 1.89 bits per heavy atom. The van der Waals surface area contributed by atoms with Gasteiger partial charge in [-0.25, -0.2) is 0 Å². The highest BCUT2D eigenvalue weighted by Gasteiger charge is 2.50. The summed E-state index contributed by atoms with van der Waals surface area (Å²) in [7, 11) is 0. The number of rotatable bonds is 9. The highest BCUT2D eigenvalue weighted by atomic mass is 16.5. The van der Waals surface area contributed by atoms with Gasteiger partial charge >= 0.3 is 0 Å². The van der Waals surface area contributed by atoms with E-state index in [0.29, 0.717) is 30.7 Å². The minimum atomic E-state index is -1.03. The van der Waals surface area contributed by atoms with Gasteiger partial charge in [0.15, 0.2) is 0 Å². The minimum Gasteiger partial charge on any atom is -0.486 e. The van der Waals surface area contributed by atoms with Crippen molar-refractivity contribution in [2.75, 3.05) is 19.7 Å². The predicted molar refractivity (Wildman–Crippen MR) is 145 cm³/mol. The quantitative estimate of drug-likeness (QED) is 0.349. The third-order valence-electron chi connectivity index (χ3n) is 7.35. The average Bonchev–Trinajstić information content (AvgIpc) is 3.50. The number of aliphatic hydroxyl groups excluding tert-OH is 2. The van der Waals surface area contributed by atoms with Gasteiger partial charge in [-0.1, -0.05) is 50.2 Å². The van der Waals surface area contributed by atoms with E-state index in [4.69, 9.17) is 4.74 Å². The minimum absolute atomic E-state index is 0.0829. The summed E-state index contributed by atoms with van der Waals surface area (Å²) in [6.45, 7) is 4.27. The number of nitrogens with one attached hydrogen (secondary N) is 2. The maximum atomic E-state index is 13.6. The van der Waals surface area contributed by atoms with E-state index < -0.39 is 24.2 Å². The number of hydrogen-bond acceptors (Lipinski definition) is 5. The highest BCUT2D eigenvalue weighted by molar-refractivity contribution is 5.96. The Hall–Kier alpha value is -3.62. The van der Waals surface area contributed by atoms with E-state index in [1.165, 1.54) is 0 Å². The molecule has 8 heteroatoms. The molecule has 200 valence electrons. The van der Waals surface area contributed by atoms with Gasteiger partial charge in [-0.2, -0.15) is 0 Å². The third-order valence-corrected chi connectivity index (χ3v) is 7.35. The zero-order valence-electron chi connectivity index (χ0n) is 21.8. The van der Waals surface area contributed by atoms with Gasteiger partial charge in [-0.3, -0.25) is 9.59 Å². The maximum Gasteiger partial charge on any atom is 0.247 e. The fourth-order valence-corrected chi connectivity index (χ4v) is 5.61. The maximum absolute atomic E-state index is 13.6. The topological polar surface area (TPSA) is 115 Å². The molecular weight excluding hydrogens is 482 g/mol. The molecule has 38 heavy (non-hydrogen) atoms. The van der Waals surface area contributed by atoms with Gasteiger partial charge in [0.2, 0.25) is 11.8 Å². The normalized spacial score (nSPS) is 22.0. The zero-order valence-corrected chi connectivity index (χ0v) is 21.8. The molecule has 5 rings (SSSR count). The summed E-state index contributed by atoms with van der Waals surface area (Å²) in [4.78, 5) is 31.9. The lowest BCUT2D eigenvalue weighted by molar-refractivity contribution is -0.137. The average molecular weight is 518 g/mol. The van der Waals surface area contributed by atoms with Crippen LogP contribution in [-0.2, 0) is 16.0 Å². The monoisotopic (exact) mass is 517 g/mol. The van der Waals surface area contributed by atoms with Crippen LogP contribution in [0.15, 0.2) is 66.2 Å². The van der Waals surface area contributed by atoms with Crippen molar-refractivity contribution in [1.82, 2.24) is 15.2 Å². The van der Waals surface area contributed by atoms with Crippen LogP contribution in [-0.4, -0.2) is 69.9 Å². The fraction of sp³-hybridized carbons (Fsp3) is 0.400. The lowest BCUT2D eigenvalue weighted by Gasteiger charge is -2.41. The van der Waals surface area contributed by atoms with Crippen molar-refractivity contribution in [2.45, 2.75) is 50.9 Å². The van der Waals surface area contributed by atoms with Gasteiger partial charge in [0.25, 0.3) is 0 Å². The standard InChI is InChI=1S/C30H35N3O5/c1-18(2)15-26(35)33(13-11-20-16-19-7-3-5-9-23(19)32-20)24-17-22(30(37)31-12-14-34)27-21-8-4-6-10-25(21)38-29(27)28(24)36/h3-10,16-18,24,27-29,32,34,36H,11-15H2,1-2H3,(H,31,37)/t24-,27+,28+,29+/m1/s1. The van der Waals surface area contributed by atoms with Crippen LogP contribution in [0.2, 0.25) is 0 Å². The van der Waals surface area contributed by atoms with Crippen LogP contribution in [0.1, 0.15) is 37.4 Å². The van der Waals surface area contributed by atoms with Crippen molar-refractivity contribution in [3.05, 3.63) is 77.5 Å². The Balaban J connectivity index is 1.49. The number of fused-ring (bicyclic) bond motifs is 4. The molecule has 3 aromatic rings. The number of aliphatic hydroxyl groups is 2. The van der Waals surface area contributed by atoms with Crippen molar-refractivity contribution in [3.8, 4) is 5.75 Å². The second kappa shape index (κ2) is 11.0. The number of ether oxygens (including phenoxy) is 1. The lowest BCUT2D eigenvalue weighted by Crippen LogP contribution is -2.56. The summed E-state index contributed by atoms with van der Waals surface area (Å²) in [5.41, 5.74) is 3.30. The Morgan fingerprint density at radius 1 is 1.13 bits per heavy atom. The first kappa shape index (κ1) is 26.0. The second-order valence-corrected chi connectivity index (χ2v) is 10.5. The van der Waals surface area contributed by atoms with Gasteiger partial charge in [0.05, 0.1) is 18.6 Å². The molecule has 0 radical (unpaired) electrons. The number of hydrogen-bond donors (Lipinski definition) is 4. The molecule has 2 amide bonds. The molecule has 8 nitrogen and oxygen atoms in total. The lowest BCUT2D eigenvalue weighted by atomic mass is 9.77. The number of H-pyrrole nitrogens is 1. The third kappa shape index (κ3) is 5.06. The van der Waals surface area contributed by atoms with Gasteiger partial charge in [-0.15, -0.1) is 0 Å². The number of benzene rings is 2. The summed E-state index contributed by atoms with van der Waals surface area (Å²) in [5, 5.41) is 24.7. The molecule has 1 aliphatic carbocycles. The molecule has 0 bridgehead atoms. The first-order chi connectivity index (χ1) is 18.4. The highest BCUT2D eigenvalue weighted by Crippen LogP contribution is 2.47. The van der Waals surface area contributed by atoms with E-state index in [1.54, 1.807) is 11.0 Å². The Morgan fingerprint density at radius 3 is 2.66 bits per heavy atom. The largest absolute Gasteiger partial charge is 0.486 e. The summed E-state index contributed by atoms with van der Waals surface area (Å²) in [6, 6.07) is 16.8. The molecule has 1 aromatic heterocycles. The van der Waals surface area contributed by atoms with Crippen molar-refractivity contribution in [2.24, 2.45) is 5.92 Å². The van der Waals surface area contributed by atoms with E-state index >= 15 is 0 Å². The molecule has 0 saturated carbocycles. The van der Waals surface area contributed by atoms with Gasteiger partial charge in [0.1, 0.15) is 18.0 Å². The molecule has 0 unspecified atom stereocenters. The number of aromatic nitrogens is 1. The number of carbonyl (C=O) groups is 2. The zero-order chi connectivity index (χ0) is 26.8. The molecule has 4 atom stereocenters. The number of aromatic amines is 1. The molecule has 0 saturated heterocycles. The van der Waals surface area contributed by atoms with Crippen LogP contribution < -0.4 is 10.1 Å². The predicted octanol–water partition coefficient (Wildman–Crippen LogP) is 2.91. The Kier molecular flexibility index (Phi) is 7.53. The first-order valence-corrected chi connectivity index (χ1v) is 13.3. The van der Waals surface area contributed by atoms with Crippen LogP contribution in [0.5, 0.6) is 5.75 Å². The molecule has 2 heterocycles. The van der Waals surface area contributed by atoms with E-state index in [2.05, 4.69) is 16.4 Å². The van der Waals surface area contributed by atoms with Gasteiger partial charge < -0.3 is 30.2 Å². The van der Waals surface area contributed by atoms with Crippen LogP contribution >= 0.6 is 0 Å². The summed E-state index contributed by atoms with van der Waals surface area (Å²) < 4.78 is 6.19. The number of para-hydroxylation sites is 2. The molecule has 2 aromatic carbocycles. The number of carbonyl (C=O) groups excluding carboxylic acids is 2. The fourth-order valence-electron chi connectivity index (χ4n) is 5.61. The van der Waals surface area contributed by atoms with Gasteiger partial charge in [-0.05, 0) is 35.6 Å². The van der Waals surface area contributed by atoms with Crippen LogP contribution in [0, 0.1) is 5.92 Å². The molecule has 2 aliphatic rings. The van der Waals surface area contributed by atoms with Gasteiger partial charge in [0, 0.05) is 48.3 Å². The molecule has 1 aliphatic heterocycles. The Bertz CT molecular complexity index is 1310. The van der Waals surface area contributed by atoms with Crippen molar-refractivity contribution in [3.63, 3.8) is 0 Å². The van der Waals surface area contributed by atoms with Crippen molar-refractivity contribution >= 4 is 22.7 Å². The summed E-state index contributed by atoms with van der Waals surface area (Å²) in [6.07, 6.45) is 0.884. The van der Waals surface area contributed by atoms with Crippen molar-refractivity contribution < 1.29 is 24.5 Å². The smallest absolute Gasteiger partial charge is 0.247 e. The van der Waals surface area contributed by atoms with Crippen molar-refractivity contribution in [1.29, 1.82) is 0 Å². The molecule has 0 fully saturated rings. The van der Waals surface area contributed by atoms with Crippen LogP contribution in [0.3, 0.4) is 0 Å². The number of nitrogens with zero attached hydrogens (tertiary/aromatic N) is 1. The Labute approximate surface area is 222 Å².